The van der Waals surface area contributed by atoms with Crippen molar-refractivity contribution in [1.82, 2.24) is 9.80 Å². The normalized spacial score (nSPS) is 20.6. The lowest BCUT2D eigenvalue weighted by Crippen LogP contribution is -2.46. The van der Waals surface area contributed by atoms with Crippen LogP contribution in [0.25, 0.3) is 0 Å². The summed E-state index contributed by atoms with van der Waals surface area (Å²) in [5.74, 6) is 0.386. The molecular formula is C13H22N2OS. The fourth-order valence-electron chi connectivity index (χ4n) is 2.30. The Morgan fingerprint density at radius 3 is 2.71 bits per heavy atom. The van der Waals surface area contributed by atoms with Crippen LogP contribution in [0.1, 0.15) is 4.88 Å². The molecule has 1 aromatic rings. The number of rotatable bonds is 5. The number of nitrogens with zero attached hydrogens (tertiary/aromatic N) is 2. The molecule has 0 aliphatic carbocycles. The minimum atomic E-state index is 0.296. The van der Waals surface area contributed by atoms with Crippen LogP contribution in [0.2, 0.25) is 0 Å². The van der Waals surface area contributed by atoms with Gasteiger partial charge in [0.15, 0.2) is 0 Å². The highest BCUT2D eigenvalue weighted by Gasteiger charge is 2.18. The first-order chi connectivity index (χ1) is 8.28. The van der Waals surface area contributed by atoms with Crippen molar-refractivity contribution in [3.05, 3.63) is 22.4 Å². The molecule has 1 aliphatic heterocycles. The molecule has 17 heavy (non-hydrogen) atoms. The molecule has 1 unspecified atom stereocenters. The van der Waals surface area contributed by atoms with Crippen LogP contribution in [-0.2, 0) is 6.42 Å². The van der Waals surface area contributed by atoms with E-state index in [0.29, 0.717) is 12.5 Å². The number of hydrogen-bond donors (Lipinski definition) is 1. The van der Waals surface area contributed by atoms with Gasteiger partial charge in [0.05, 0.1) is 0 Å². The highest BCUT2D eigenvalue weighted by Crippen LogP contribution is 2.16. The Morgan fingerprint density at radius 2 is 2.12 bits per heavy atom. The lowest BCUT2D eigenvalue weighted by molar-refractivity contribution is 0.113. The minimum absolute atomic E-state index is 0.296. The van der Waals surface area contributed by atoms with Gasteiger partial charge in [-0.3, -0.25) is 0 Å². The molecule has 2 heterocycles. The second-order valence-electron chi connectivity index (χ2n) is 4.94. The number of likely N-dealkylation sites (N-methyl/N-ethyl adjacent to an activating group) is 1. The van der Waals surface area contributed by atoms with E-state index in [0.717, 1.165) is 39.1 Å². The summed E-state index contributed by atoms with van der Waals surface area (Å²) in [6.45, 7) is 5.90. The van der Waals surface area contributed by atoms with Gasteiger partial charge in [0, 0.05) is 44.2 Å². The van der Waals surface area contributed by atoms with Gasteiger partial charge in [-0.25, -0.2) is 0 Å². The number of thiophene rings is 1. The highest BCUT2D eigenvalue weighted by atomic mass is 32.1. The molecule has 1 saturated heterocycles. The predicted molar refractivity (Wildman–Crippen MR) is 72.5 cm³/mol. The van der Waals surface area contributed by atoms with Crippen molar-refractivity contribution >= 4 is 11.3 Å². The van der Waals surface area contributed by atoms with E-state index >= 15 is 0 Å². The third-order valence-electron chi connectivity index (χ3n) is 3.44. The van der Waals surface area contributed by atoms with E-state index in [1.165, 1.54) is 4.88 Å². The summed E-state index contributed by atoms with van der Waals surface area (Å²) in [6.07, 6.45) is 1.01. The zero-order valence-corrected chi connectivity index (χ0v) is 11.3. The van der Waals surface area contributed by atoms with Gasteiger partial charge in [0.25, 0.3) is 0 Å². The number of aliphatic hydroxyl groups excluding tert-OH is 1. The molecule has 0 spiro atoms. The Morgan fingerprint density at radius 1 is 1.35 bits per heavy atom. The molecule has 1 aliphatic rings. The van der Waals surface area contributed by atoms with Crippen LogP contribution in [0.15, 0.2) is 17.5 Å². The summed E-state index contributed by atoms with van der Waals surface area (Å²) in [7, 11) is 2.17. The van der Waals surface area contributed by atoms with Gasteiger partial charge in [-0.15, -0.1) is 11.3 Å². The highest BCUT2D eigenvalue weighted by molar-refractivity contribution is 7.09. The molecule has 1 aromatic heterocycles. The largest absolute Gasteiger partial charge is 0.396 e. The van der Waals surface area contributed by atoms with Crippen molar-refractivity contribution < 1.29 is 5.11 Å². The third kappa shape index (κ3) is 4.07. The van der Waals surface area contributed by atoms with Crippen LogP contribution in [0, 0.1) is 5.92 Å². The zero-order chi connectivity index (χ0) is 12.1. The zero-order valence-electron chi connectivity index (χ0n) is 10.5. The monoisotopic (exact) mass is 254 g/mol. The second kappa shape index (κ2) is 6.50. The van der Waals surface area contributed by atoms with E-state index in [1.807, 2.05) is 0 Å². The van der Waals surface area contributed by atoms with Gasteiger partial charge in [0.2, 0.25) is 0 Å². The van der Waals surface area contributed by atoms with Crippen LogP contribution in [0.5, 0.6) is 0 Å². The van der Waals surface area contributed by atoms with Crippen molar-refractivity contribution in [2.24, 2.45) is 5.92 Å². The van der Waals surface area contributed by atoms with E-state index < -0.39 is 0 Å². The molecule has 1 atom stereocenters. The van der Waals surface area contributed by atoms with Crippen molar-refractivity contribution in [3.63, 3.8) is 0 Å². The average molecular weight is 254 g/mol. The van der Waals surface area contributed by atoms with E-state index in [1.54, 1.807) is 11.3 Å². The minimum Gasteiger partial charge on any atom is -0.396 e. The maximum Gasteiger partial charge on any atom is 0.0474 e. The van der Waals surface area contributed by atoms with Crippen LogP contribution in [0.4, 0.5) is 0 Å². The lowest BCUT2D eigenvalue weighted by Gasteiger charge is -2.34. The Balaban J connectivity index is 1.79. The fraction of sp³-hybridized carbons (Fsp3) is 0.692. The molecule has 3 nitrogen and oxygen atoms in total. The Hall–Kier alpha value is -0.420. The SMILES string of the molecule is CN1CCN(CC(CO)Cc2cccs2)CC1. The van der Waals surface area contributed by atoms with Gasteiger partial charge in [0.1, 0.15) is 0 Å². The topological polar surface area (TPSA) is 26.7 Å². The summed E-state index contributed by atoms with van der Waals surface area (Å²) >= 11 is 1.79. The average Bonchev–Trinajstić information content (AvgIpc) is 2.84. The first-order valence-corrected chi connectivity index (χ1v) is 7.20. The van der Waals surface area contributed by atoms with Crippen LogP contribution < -0.4 is 0 Å². The van der Waals surface area contributed by atoms with E-state index in [4.69, 9.17) is 0 Å². The van der Waals surface area contributed by atoms with E-state index in [9.17, 15) is 5.11 Å². The molecule has 0 saturated carbocycles. The first-order valence-electron chi connectivity index (χ1n) is 6.32. The van der Waals surface area contributed by atoms with Crippen LogP contribution in [-0.4, -0.2) is 61.3 Å². The molecule has 1 fully saturated rings. The van der Waals surface area contributed by atoms with E-state index in [-0.39, 0.29) is 0 Å². The van der Waals surface area contributed by atoms with Crippen LogP contribution in [0.3, 0.4) is 0 Å². The maximum atomic E-state index is 9.48. The molecule has 1 N–H and O–H groups in total. The van der Waals surface area contributed by atoms with Gasteiger partial charge < -0.3 is 14.9 Å². The summed E-state index contributed by atoms with van der Waals surface area (Å²) in [4.78, 5) is 6.23. The van der Waals surface area contributed by atoms with Crippen molar-refractivity contribution in [1.29, 1.82) is 0 Å². The fourth-order valence-corrected chi connectivity index (χ4v) is 3.12. The lowest BCUT2D eigenvalue weighted by atomic mass is 10.0. The Kier molecular flexibility index (Phi) is 4.98. The number of hydrogen-bond acceptors (Lipinski definition) is 4. The maximum absolute atomic E-state index is 9.48. The second-order valence-corrected chi connectivity index (χ2v) is 5.97. The molecular weight excluding hydrogens is 232 g/mol. The van der Waals surface area contributed by atoms with Gasteiger partial charge >= 0.3 is 0 Å². The Bertz CT molecular complexity index is 307. The molecule has 2 rings (SSSR count). The third-order valence-corrected chi connectivity index (χ3v) is 4.34. The van der Waals surface area contributed by atoms with Crippen LogP contribution >= 0.6 is 11.3 Å². The Labute approximate surface area is 108 Å². The van der Waals surface area contributed by atoms with Crippen molar-refractivity contribution in [2.75, 3.05) is 46.4 Å². The quantitative estimate of drug-likeness (QED) is 0.854. The smallest absolute Gasteiger partial charge is 0.0474 e. The number of aliphatic hydroxyl groups is 1. The van der Waals surface area contributed by atoms with E-state index in [2.05, 4.69) is 34.4 Å². The number of piperazine rings is 1. The molecule has 0 amide bonds. The standard InChI is InChI=1S/C13H22N2OS/c1-14-4-6-15(7-5-14)10-12(11-16)9-13-3-2-8-17-13/h2-3,8,12,16H,4-7,9-11H2,1H3. The van der Waals surface area contributed by atoms with Crippen molar-refractivity contribution in [3.8, 4) is 0 Å². The van der Waals surface area contributed by atoms with Gasteiger partial charge in [-0.2, -0.15) is 0 Å². The van der Waals surface area contributed by atoms with Crippen molar-refractivity contribution in [2.45, 2.75) is 6.42 Å². The summed E-state index contributed by atoms with van der Waals surface area (Å²) in [5, 5.41) is 11.6. The molecule has 0 aromatic carbocycles. The predicted octanol–water partition coefficient (Wildman–Crippen LogP) is 1.15. The summed E-state index contributed by atoms with van der Waals surface area (Å²) in [6, 6.07) is 4.25. The van der Waals surface area contributed by atoms with Gasteiger partial charge in [-0.1, -0.05) is 6.07 Å². The van der Waals surface area contributed by atoms with Gasteiger partial charge in [-0.05, 0) is 30.8 Å². The molecule has 96 valence electrons. The molecule has 0 bridgehead atoms. The summed E-state index contributed by atoms with van der Waals surface area (Å²) < 4.78 is 0. The summed E-state index contributed by atoms with van der Waals surface area (Å²) in [5.41, 5.74) is 0. The molecule has 0 radical (unpaired) electrons. The first kappa shape index (κ1) is 13.0. The molecule has 4 heteroatoms.